The predicted octanol–water partition coefficient (Wildman–Crippen LogP) is 4.45. The minimum Gasteiger partial charge on any atom is -0.309 e. The average Bonchev–Trinajstić information content (AvgIpc) is 3.25. The van der Waals surface area contributed by atoms with Crippen LogP contribution >= 0.6 is 0 Å². The zero-order chi connectivity index (χ0) is 27.3. The quantitative estimate of drug-likeness (QED) is 0.415. The van der Waals surface area contributed by atoms with Crippen LogP contribution in [0.15, 0.2) is 30.6 Å². The van der Waals surface area contributed by atoms with Gasteiger partial charge in [-0.15, -0.1) is 0 Å². The number of hydrogen-bond acceptors (Lipinski definition) is 8. The molecule has 4 aromatic heterocycles. The summed E-state index contributed by atoms with van der Waals surface area (Å²) in [5, 5.41) is 8.61. The van der Waals surface area contributed by atoms with Gasteiger partial charge in [-0.25, -0.2) is 24.3 Å². The molecule has 0 amide bonds. The Morgan fingerprint density at radius 2 is 1.79 bits per heavy atom. The summed E-state index contributed by atoms with van der Waals surface area (Å²) in [6, 6.07) is 6.67. The molecule has 6 heterocycles. The zero-order valence-corrected chi connectivity index (χ0v) is 23.4. The molecular formula is C29H36FN9. The van der Waals surface area contributed by atoms with Crippen molar-refractivity contribution in [2.45, 2.75) is 58.0 Å². The van der Waals surface area contributed by atoms with E-state index in [1.165, 1.54) is 37.7 Å². The summed E-state index contributed by atoms with van der Waals surface area (Å²) < 4.78 is 16.8. The molecular weight excluding hydrogens is 493 g/mol. The van der Waals surface area contributed by atoms with E-state index in [2.05, 4.69) is 69.1 Å². The summed E-state index contributed by atoms with van der Waals surface area (Å²) in [6.07, 6.45) is 6.18. The molecule has 39 heavy (non-hydrogen) atoms. The van der Waals surface area contributed by atoms with Crippen molar-refractivity contribution in [2.24, 2.45) is 7.05 Å². The van der Waals surface area contributed by atoms with E-state index >= 15 is 0 Å². The SMILES string of the molecule is CN1CCC(N2CCc3nc(Nc4ncc(F)c(-c5cnc6nn(C)c(C(C)(C)C)c6c5)n4)ccc3C2)CC1. The highest BCUT2D eigenvalue weighted by atomic mass is 19.1. The third-order valence-corrected chi connectivity index (χ3v) is 7.94. The number of aromatic nitrogens is 6. The highest BCUT2D eigenvalue weighted by Crippen LogP contribution is 2.32. The van der Waals surface area contributed by atoms with Crippen molar-refractivity contribution in [1.29, 1.82) is 0 Å². The number of likely N-dealkylation sites (tertiary alicyclic amines) is 1. The lowest BCUT2D eigenvalue weighted by Crippen LogP contribution is -2.45. The van der Waals surface area contributed by atoms with Crippen LogP contribution in [-0.4, -0.2) is 72.2 Å². The Morgan fingerprint density at radius 3 is 2.56 bits per heavy atom. The van der Waals surface area contributed by atoms with E-state index in [0.29, 0.717) is 29.0 Å². The Hall–Kier alpha value is -3.50. The number of nitrogens with zero attached hydrogens (tertiary/aromatic N) is 8. The van der Waals surface area contributed by atoms with Gasteiger partial charge < -0.3 is 10.2 Å². The van der Waals surface area contributed by atoms with Crippen LogP contribution in [0.2, 0.25) is 0 Å². The molecule has 9 nitrogen and oxygen atoms in total. The third-order valence-electron chi connectivity index (χ3n) is 7.94. The Labute approximate surface area is 228 Å². The maximum absolute atomic E-state index is 14.9. The number of fused-ring (bicyclic) bond motifs is 2. The number of halogens is 1. The lowest BCUT2D eigenvalue weighted by Gasteiger charge is -2.39. The molecule has 1 N–H and O–H groups in total. The van der Waals surface area contributed by atoms with E-state index in [4.69, 9.17) is 4.98 Å². The van der Waals surface area contributed by atoms with Crippen LogP contribution in [0.3, 0.4) is 0 Å². The molecule has 0 aromatic carbocycles. The molecule has 10 heteroatoms. The molecule has 0 bridgehead atoms. The van der Waals surface area contributed by atoms with Gasteiger partial charge in [-0.2, -0.15) is 5.10 Å². The number of hydrogen-bond donors (Lipinski definition) is 1. The number of anilines is 2. The Balaban J connectivity index is 1.23. The van der Waals surface area contributed by atoms with Gasteiger partial charge in [-0.3, -0.25) is 9.58 Å². The highest BCUT2D eigenvalue weighted by Gasteiger charge is 2.27. The number of nitrogens with one attached hydrogen (secondary N) is 1. The van der Waals surface area contributed by atoms with Gasteiger partial charge in [0.25, 0.3) is 0 Å². The van der Waals surface area contributed by atoms with Crippen LogP contribution in [0.25, 0.3) is 22.3 Å². The molecule has 204 valence electrons. The molecule has 0 radical (unpaired) electrons. The molecule has 2 aliphatic rings. The molecule has 1 fully saturated rings. The lowest BCUT2D eigenvalue weighted by molar-refractivity contribution is 0.109. The Morgan fingerprint density at radius 1 is 1.00 bits per heavy atom. The van der Waals surface area contributed by atoms with Gasteiger partial charge in [0.1, 0.15) is 11.5 Å². The lowest BCUT2D eigenvalue weighted by atomic mass is 9.89. The summed E-state index contributed by atoms with van der Waals surface area (Å²) in [7, 11) is 4.11. The maximum Gasteiger partial charge on any atom is 0.229 e. The second-order valence-corrected chi connectivity index (χ2v) is 11.9. The molecule has 6 rings (SSSR count). The summed E-state index contributed by atoms with van der Waals surface area (Å²) in [4.78, 5) is 23.1. The minimum absolute atomic E-state index is 0.150. The first kappa shape index (κ1) is 25.8. The van der Waals surface area contributed by atoms with Crippen molar-refractivity contribution in [2.75, 3.05) is 32.0 Å². The van der Waals surface area contributed by atoms with Crippen molar-refractivity contribution in [1.82, 2.24) is 39.5 Å². The normalized spacial score (nSPS) is 17.5. The first-order valence-corrected chi connectivity index (χ1v) is 13.7. The van der Waals surface area contributed by atoms with Crippen molar-refractivity contribution in [3.8, 4) is 11.3 Å². The molecule has 0 unspecified atom stereocenters. The molecule has 0 atom stereocenters. The van der Waals surface area contributed by atoms with E-state index in [-0.39, 0.29) is 11.1 Å². The Bertz CT molecular complexity index is 1520. The predicted molar refractivity (Wildman–Crippen MR) is 150 cm³/mol. The second-order valence-electron chi connectivity index (χ2n) is 11.9. The highest BCUT2D eigenvalue weighted by molar-refractivity contribution is 5.83. The van der Waals surface area contributed by atoms with Gasteiger partial charge >= 0.3 is 0 Å². The fourth-order valence-corrected chi connectivity index (χ4v) is 6.02. The summed E-state index contributed by atoms with van der Waals surface area (Å²) in [5.74, 6) is 0.454. The van der Waals surface area contributed by atoms with Gasteiger partial charge in [0.2, 0.25) is 5.95 Å². The fourth-order valence-electron chi connectivity index (χ4n) is 6.02. The first-order valence-electron chi connectivity index (χ1n) is 13.7. The van der Waals surface area contributed by atoms with Crippen molar-refractivity contribution in [3.63, 3.8) is 0 Å². The van der Waals surface area contributed by atoms with Crippen LogP contribution in [0, 0.1) is 5.82 Å². The smallest absolute Gasteiger partial charge is 0.229 e. The molecule has 1 saturated heterocycles. The van der Waals surface area contributed by atoms with E-state index in [1.807, 2.05) is 23.9 Å². The largest absolute Gasteiger partial charge is 0.309 e. The van der Waals surface area contributed by atoms with Gasteiger partial charge in [-0.05, 0) is 50.7 Å². The van der Waals surface area contributed by atoms with Gasteiger partial charge in [0, 0.05) is 60.9 Å². The third kappa shape index (κ3) is 5.10. The molecule has 4 aromatic rings. The van der Waals surface area contributed by atoms with E-state index < -0.39 is 5.82 Å². The second kappa shape index (κ2) is 9.91. The van der Waals surface area contributed by atoms with E-state index in [0.717, 1.165) is 36.3 Å². The van der Waals surface area contributed by atoms with Crippen molar-refractivity contribution in [3.05, 3.63) is 53.4 Å². The average molecular weight is 530 g/mol. The van der Waals surface area contributed by atoms with Gasteiger partial charge in [-0.1, -0.05) is 26.8 Å². The zero-order valence-electron chi connectivity index (χ0n) is 23.4. The van der Waals surface area contributed by atoms with Crippen LogP contribution in [0.4, 0.5) is 16.2 Å². The van der Waals surface area contributed by atoms with Crippen molar-refractivity contribution < 1.29 is 4.39 Å². The standard InChI is InChI=1S/C29H36FN9/c1-29(2,3)26-21-14-19(15-31-27(21)36-38(26)5)25-22(30)16-32-28(35-25)34-24-7-6-18-17-39(13-10-23(18)33-24)20-8-11-37(4)12-9-20/h6-7,14-16,20H,8-13,17H2,1-5H3,(H,32,33,34,35). The van der Waals surface area contributed by atoms with Crippen LogP contribution in [-0.2, 0) is 25.4 Å². The molecule has 2 aliphatic heterocycles. The number of pyridine rings is 2. The number of piperidine rings is 1. The van der Waals surface area contributed by atoms with Gasteiger partial charge in [0.05, 0.1) is 11.9 Å². The summed E-state index contributed by atoms with van der Waals surface area (Å²) in [6.45, 7) is 10.7. The van der Waals surface area contributed by atoms with E-state index in [1.54, 1.807) is 6.20 Å². The van der Waals surface area contributed by atoms with E-state index in [9.17, 15) is 4.39 Å². The molecule has 0 aliphatic carbocycles. The maximum atomic E-state index is 14.9. The number of aryl methyl sites for hydroxylation is 1. The summed E-state index contributed by atoms with van der Waals surface area (Å²) >= 11 is 0. The van der Waals surface area contributed by atoms with Crippen molar-refractivity contribution >= 4 is 22.8 Å². The van der Waals surface area contributed by atoms with Crippen LogP contribution in [0.5, 0.6) is 0 Å². The topological polar surface area (TPSA) is 87.9 Å². The monoisotopic (exact) mass is 529 g/mol. The minimum atomic E-state index is -0.504. The molecule has 0 spiro atoms. The summed E-state index contributed by atoms with van der Waals surface area (Å²) in [5.41, 5.74) is 4.67. The Kier molecular flexibility index (Phi) is 6.55. The number of rotatable bonds is 4. The first-order chi connectivity index (χ1) is 18.7. The fraction of sp³-hybridized carbons (Fsp3) is 0.483. The van der Waals surface area contributed by atoms with Crippen LogP contribution in [0.1, 0.15) is 50.6 Å². The van der Waals surface area contributed by atoms with Crippen LogP contribution < -0.4 is 5.32 Å². The van der Waals surface area contributed by atoms with Gasteiger partial charge in [0.15, 0.2) is 11.5 Å². The molecule has 0 saturated carbocycles.